The quantitative estimate of drug-likeness (QED) is 0.182. The molecule has 3 aromatic carbocycles. The first kappa shape index (κ1) is 28.5. The normalized spacial score (nSPS) is 15.2. The molecule has 5 rings (SSSR count). The Hall–Kier alpha value is -3.98. The molecule has 0 radical (unpaired) electrons. The van der Waals surface area contributed by atoms with E-state index in [9.17, 15) is 14.0 Å². The van der Waals surface area contributed by atoms with Gasteiger partial charge in [-0.05, 0) is 63.1 Å². The number of hydrogen-bond acceptors (Lipinski definition) is 5. The first-order valence-corrected chi connectivity index (χ1v) is 14.9. The SMILES string of the molecule is Cc1ccc(-c2nnc(SCCCCC(=O)N3CCN(C(=O)c4ccc(F)cc4)C(C)C3)n2-c2ccccc2)cc1. The highest BCUT2D eigenvalue weighted by Gasteiger charge is 2.30. The van der Waals surface area contributed by atoms with Crippen LogP contribution in [0.15, 0.2) is 84.0 Å². The van der Waals surface area contributed by atoms with Gasteiger partial charge in [0.2, 0.25) is 5.91 Å². The lowest BCUT2D eigenvalue weighted by molar-refractivity contribution is -0.133. The molecule has 2 heterocycles. The maximum atomic E-state index is 13.2. The van der Waals surface area contributed by atoms with E-state index in [1.807, 2.05) is 30.0 Å². The van der Waals surface area contributed by atoms with E-state index in [1.54, 1.807) is 16.7 Å². The Bertz CT molecular complexity index is 1470. The van der Waals surface area contributed by atoms with E-state index >= 15 is 0 Å². The van der Waals surface area contributed by atoms with Crippen LogP contribution < -0.4 is 0 Å². The summed E-state index contributed by atoms with van der Waals surface area (Å²) in [6.07, 6.45) is 2.12. The Labute approximate surface area is 244 Å². The number of para-hydroxylation sites is 1. The summed E-state index contributed by atoms with van der Waals surface area (Å²) in [4.78, 5) is 29.4. The summed E-state index contributed by atoms with van der Waals surface area (Å²) in [7, 11) is 0. The molecule has 1 aliphatic heterocycles. The number of carbonyl (C=O) groups excluding carboxylic acids is 2. The number of aromatic nitrogens is 3. The van der Waals surface area contributed by atoms with Crippen molar-refractivity contribution in [1.29, 1.82) is 0 Å². The third-order valence-electron chi connectivity index (χ3n) is 7.31. The Morgan fingerprint density at radius 2 is 1.66 bits per heavy atom. The van der Waals surface area contributed by atoms with Gasteiger partial charge in [-0.2, -0.15) is 0 Å². The van der Waals surface area contributed by atoms with Gasteiger partial charge < -0.3 is 9.80 Å². The average Bonchev–Trinajstić information content (AvgIpc) is 3.41. The van der Waals surface area contributed by atoms with Gasteiger partial charge in [0.1, 0.15) is 5.82 Å². The van der Waals surface area contributed by atoms with Crippen molar-refractivity contribution in [2.75, 3.05) is 25.4 Å². The van der Waals surface area contributed by atoms with E-state index in [4.69, 9.17) is 0 Å². The number of amides is 2. The van der Waals surface area contributed by atoms with Crippen molar-refractivity contribution in [3.8, 4) is 17.1 Å². The molecule has 4 aromatic rings. The van der Waals surface area contributed by atoms with Crippen molar-refractivity contribution < 1.29 is 14.0 Å². The molecule has 1 saturated heterocycles. The minimum absolute atomic E-state index is 0.104. The van der Waals surface area contributed by atoms with E-state index in [2.05, 4.69) is 58.1 Å². The van der Waals surface area contributed by atoms with Crippen LogP contribution in [0.4, 0.5) is 4.39 Å². The molecule has 2 amide bonds. The van der Waals surface area contributed by atoms with Crippen molar-refractivity contribution in [2.45, 2.75) is 44.3 Å². The van der Waals surface area contributed by atoms with E-state index in [0.29, 0.717) is 31.6 Å². The fourth-order valence-electron chi connectivity index (χ4n) is 5.01. The highest BCUT2D eigenvalue weighted by Crippen LogP contribution is 2.29. The molecule has 0 bridgehead atoms. The Morgan fingerprint density at radius 3 is 2.37 bits per heavy atom. The van der Waals surface area contributed by atoms with Gasteiger partial charge in [-0.15, -0.1) is 10.2 Å². The van der Waals surface area contributed by atoms with Crippen LogP contribution in [0.5, 0.6) is 0 Å². The van der Waals surface area contributed by atoms with Crippen LogP contribution in [-0.4, -0.2) is 67.8 Å². The number of thioether (sulfide) groups is 1. The minimum atomic E-state index is -0.367. The Kier molecular flexibility index (Phi) is 9.14. The minimum Gasteiger partial charge on any atom is -0.339 e. The van der Waals surface area contributed by atoms with E-state index in [-0.39, 0.29) is 23.7 Å². The van der Waals surface area contributed by atoms with Gasteiger partial charge in [-0.1, -0.05) is 59.8 Å². The molecule has 0 saturated carbocycles. The zero-order valence-electron chi connectivity index (χ0n) is 23.4. The fourth-order valence-corrected chi connectivity index (χ4v) is 5.96. The second-order valence-electron chi connectivity index (χ2n) is 10.3. The third-order valence-corrected chi connectivity index (χ3v) is 8.32. The number of rotatable bonds is 9. The molecule has 1 aliphatic rings. The van der Waals surface area contributed by atoms with Crippen LogP contribution >= 0.6 is 11.8 Å². The number of carbonyl (C=O) groups is 2. The summed E-state index contributed by atoms with van der Waals surface area (Å²) in [5, 5.41) is 9.85. The molecule has 0 aliphatic carbocycles. The number of piperazine rings is 1. The summed E-state index contributed by atoms with van der Waals surface area (Å²) in [5.41, 5.74) is 3.68. The van der Waals surface area contributed by atoms with Crippen LogP contribution in [0, 0.1) is 12.7 Å². The van der Waals surface area contributed by atoms with Gasteiger partial charge in [0.05, 0.1) is 0 Å². The summed E-state index contributed by atoms with van der Waals surface area (Å²) < 4.78 is 15.3. The van der Waals surface area contributed by atoms with Gasteiger partial charge in [-0.3, -0.25) is 14.2 Å². The van der Waals surface area contributed by atoms with Gasteiger partial charge in [-0.25, -0.2) is 4.39 Å². The number of nitrogens with zero attached hydrogens (tertiary/aromatic N) is 5. The topological polar surface area (TPSA) is 71.3 Å². The van der Waals surface area contributed by atoms with E-state index in [1.165, 1.54) is 29.8 Å². The van der Waals surface area contributed by atoms with Gasteiger partial charge >= 0.3 is 0 Å². The Balaban J connectivity index is 1.12. The van der Waals surface area contributed by atoms with Crippen LogP contribution in [0.3, 0.4) is 0 Å². The standard InChI is InChI=1S/C32H34FN5O2S/c1-23-11-13-25(14-12-23)30-34-35-32(38(30)28-8-4-3-5-9-28)41-21-7-6-10-29(39)36-19-20-37(24(2)22-36)31(40)26-15-17-27(33)18-16-26/h3-5,8-9,11-18,24H,6-7,10,19-22H2,1-2H3. The largest absolute Gasteiger partial charge is 0.339 e. The highest BCUT2D eigenvalue weighted by atomic mass is 32.2. The van der Waals surface area contributed by atoms with Crippen molar-refractivity contribution in [3.63, 3.8) is 0 Å². The molecule has 7 nitrogen and oxygen atoms in total. The van der Waals surface area contributed by atoms with Gasteiger partial charge in [0, 0.05) is 54.7 Å². The van der Waals surface area contributed by atoms with Gasteiger partial charge in [0.15, 0.2) is 11.0 Å². The molecule has 1 atom stereocenters. The Morgan fingerprint density at radius 1 is 0.927 bits per heavy atom. The fraction of sp³-hybridized carbons (Fsp3) is 0.312. The molecule has 41 heavy (non-hydrogen) atoms. The average molecular weight is 572 g/mol. The first-order valence-electron chi connectivity index (χ1n) is 14.0. The predicted molar refractivity (Wildman–Crippen MR) is 160 cm³/mol. The van der Waals surface area contributed by atoms with Crippen molar-refractivity contribution in [1.82, 2.24) is 24.6 Å². The molecule has 212 valence electrons. The second-order valence-corrected chi connectivity index (χ2v) is 11.4. The summed E-state index contributed by atoms with van der Waals surface area (Å²) in [5.74, 6) is 1.25. The third kappa shape index (κ3) is 6.85. The molecule has 1 unspecified atom stereocenters. The second kappa shape index (κ2) is 13.1. The number of halogens is 1. The number of unbranched alkanes of at least 4 members (excludes halogenated alkanes) is 1. The van der Waals surface area contributed by atoms with E-state index < -0.39 is 0 Å². The predicted octanol–water partition coefficient (Wildman–Crippen LogP) is 6.02. The molecule has 1 aromatic heterocycles. The molecule has 0 spiro atoms. The van der Waals surface area contributed by atoms with Crippen molar-refractivity contribution in [3.05, 3.63) is 95.8 Å². The summed E-state index contributed by atoms with van der Waals surface area (Å²) in [6, 6.07) is 23.9. The smallest absolute Gasteiger partial charge is 0.254 e. The summed E-state index contributed by atoms with van der Waals surface area (Å²) in [6.45, 7) is 5.49. The zero-order valence-corrected chi connectivity index (χ0v) is 24.2. The molecular formula is C32H34FN5O2S. The molecule has 0 N–H and O–H groups in total. The van der Waals surface area contributed by atoms with Crippen molar-refractivity contribution in [2.24, 2.45) is 0 Å². The lowest BCUT2D eigenvalue weighted by Gasteiger charge is -2.40. The lowest BCUT2D eigenvalue weighted by Crippen LogP contribution is -2.55. The monoisotopic (exact) mass is 571 g/mol. The maximum Gasteiger partial charge on any atom is 0.254 e. The summed E-state index contributed by atoms with van der Waals surface area (Å²) >= 11 is 1.65. The number of aryl methyl sites for hydroxylation is 1. The number of hydrogen-bond donors (Lipinski definition) is 0. The van der Waals surface area contributed by atoms with Gasteiger partial charge in [0.25, 0.3) is 5.91 Å². The van der Waals surface area contributed by atoms with Crippen molar-refractivity contribution >= 4 is 23.6 Å². The molecule has 9 heteroatoms. The van der Waals surface area contributed by atoms with Crippen LogP contribution in [0.25, 0.3) is 17.1 Å². The maximum absolute atomic E-state index is 13.2. The highest BCUT2D eigenvalue weighted by molar-refractivity contribution is 7.99. The van der Waals surface area contributed by atoms with Crippen LogP contribution in [-0.2, 0) is 4.79 Å². The van der Waals surface area contributed by atoms with Crippen LogP contribution in [0.2, 0.25) is 0 Å². The number of benzene rings is 3. The molecule has 1 fully saturated rings. The lowest BCUT2D eigenvalue weighted by atomic mass is 10.1. The van der Waals surface area contributed by atoms with E-state index in [0.717, 1.165) is 40.8 Å². The zero-order chi connectivity index (χ0) is 28.8. The first-order chi connectivity index (χ1) is 19.9. The molecular weight excluding hydrogens is 537 g/mol. The van der Waals surface area contributed by atoms with Crippen LogP contribution in [0.1, 0.15) is 42.1 Å².